The highest BCUT2D eigenvalue weighted by atomic mass is 19.1. The second kappa shape index (κ2) is 6.70. The molecule has 2 N–H and O–H groups in total. The highest BCUT2D eigenvalue weighted by Gasteiger charge is 2.06. The van der Waals surface area contributed by atoms with Crippen molar-refractivity contribution in [1.29, 1.82) is 0 Å². The van der Waals surface area contributed by atoms with Crippen LogP contribution >= 0.6 is 0 Å². The van der Waals surface area contributed by atoms with Gasteiger partial charge in [-0.1, -0.05) is 30.3 Å². The maximum absolute atomic E-state index is 13.1. The van der Waals surface area contributed by atoms with Crippen LogP contribution in [-0.2, 0) is 17.8 Å². The van der Waals surface area contributed by atoms with E-state index in [1.54, 1.807) is 13.1 Å². The number of likely N-dealkylation sites (N-methyl/N-ethyl adjacent to an activating group) is 1. The molecule has 20 heavy (non-hydrogen) atoms. The van der Waals surface area contributed by atoms with E-state index in [-0.39, 0.29) is 11.7 Å². The first-order valence-electron chi connectivity index (χ1n) is 6.46. The average molecular weight is 272 g/mol. The molecule has 0 aliphatic heterocycles. The predicted molar refractivity (Wildman–Crippen MR) is 77.9 cm³/mol. The fraction of sp³-hybridized carbons (Fsp3) is 0.188. The van der Waals surface area contributed by atoms with E-state index < -0.39 is 0 Å². The summed E-state index contributed by atoms with van der Waals surface area (Å²) in [7, 11) is 1.62. The number of halogens is 1. The van der Waals surface area contributed by atoms with Crippen LogP contribution in [0.2, 0.25) is 0 Å². The molecule has 0 atom stereocenters. The lowest BCUT2D eigenvalue weighted by molar-refractivity contribution is -0.119. The van der Waals surface area contributed by atoms with Gasteiger partial charge in [-0.3, -0.25) is 4.79 Å². The molecular weight excluding hydrogens is 255 g/mol. The Morgan fingerprint density at radius 1 is 1.15 bits per heavy atom. The van der Waals surface area contributed by atoms with Crippen molar-refractivity contribution in [3.05, 3.63) is 65.5 Å². The summed E-state index contributed by atoms with van der Waals surface area (Å²) in [6, 6.07) is 14.1. The van der Waals surface area contributed by atoms with Crippen LogP contribution in [0.15, 0.2) is 48.5 Å². The molecule has 4 heteroatoms. The van der Waals surface area contributed by atoms with E-state index in [1.165, 1.54) is 12.1 Å². The summed E-state index contributed by atoms with van der Waals surface area (Å²) < 4.78 is 13.1. The lowest BCUT2D eigenvalue weighted by atomic mass is 10.1. The van der Waals surface area contributed by atoms with E-state index in [9.17, 15) is 9.18 Å². The minimum atomic E-state index is -0.247. The van der Waals surface area contributed by atoms with Crippen molar-refractivity contribution in [2.75, 3.05) is 12.4 Å². The maximum atomic E-state index is 13.1. The number of hydrogen-bond donors (Lipinski definition) is 2. The van der Waals surface area contributed by atoms with E-state index >= 15 is 0 Å². The summed E-state index contributed by atoms with van der Waals surface area (Å²) in [4.78, 5) is 11.5. The lowest BCUT2D eigenvalue weighted by Crippen LogP contribution is -2.20. The molecule has 2 rings (SSSR count). The molecule has 104 valence electrons. The Morgan fingerprint density at radius 3 is 2.70 bits per heavy atom. The van der Waals surface area contributed by atoms with Crippen LogP contribution in [0.1, 0.15) is 11.1 Å². The topological polar surface area (TPSA) is 41.1 Å². The summed E-state index contributed by atoms with van der Waals surface area (Å²) >= 11 is 0. The van der Waals surface area contributed by atoms with Gasteiger partial charge in [0.25, 0.3) is 0 Å². The van der Waals surface area contributed by atoms with Crippen LogP contribution in [0, 0.1) is 5.82 Å². The summed E-state index contributed by atoms with van der Waals surface area (Å²) in [5, 5.41) is 5.85. The van der Waals surface area contributed by atoms with Gasteiger partial charge in [0.05, 0.1) is 6.42 Å². The molecule has 0 bridgehead atoms. The van der Waals surface area contributed by atoms with Crippen molar-refractivity contribution >= 4 is 11.6 Å². The highest BCUT2D eigenvalue weighted by Crippen LogP contribution is 2.17. The molecule has 0 fully saturated rings. The Kier molecular flexibility index (Phi) is 4.71. The van der Waals surface area contributed by atoms with Crippen LogP contribution in [-0.4, -0.2) is 13.0 Å². The first kappa shape index (κ1) is 14.1. The largest absolute Gasteiger partial charge is 0.381 e. The predicted octanol–water partition coefficient (Wildman–Crippen LogP) is 2.73. The molecule has 1 amide bonds. The van der Waals surface area contributed by atoms with Gasteiger partial charge in [-0.15, -0.1) is 0 Å². The number of hydrogen-bond acceptors (Lipinski definition) is 2. The van der Waals surface area contributed by atoms with Crippen molar-refractivity contribution in [3.8, 4) is 0 Å². The molecule has 0 spiro atoms. The number of amides is 1. The van der Waals surface area contributed by atoms with E-state index in [1.807, 2.05) is 30.3 Å². The monoisotopic (exact) mass is 272 g/mol. The normalized spacial score (nSPS) is 10.1. The summed E-state index contributed by atoms with van der Waals surface area (Å²) in [6.45, 7) is 0.516. The molecule has 2 aromatic rings. The second-order valence-corrected chi connectivity index (χ2v) is 4.49. The maximum Gasteiger partial charge on any atom is 0.224 e. The van der Waals surface area contributed by atoms with Gasteiger partial charge in [-0.2, -0.15) is 0 Å². The van der Waals surface area contributed by atoms with Crippen LogP contribution in [0.3, 0.4) is 0 Å². The number of carbonyl (C=O) groups excluding carboxylic acids is 1. The molecule has 0 unspecified atom stereocenters. The zero-order chi connectivity index (χ0) is 14.4. The third kappa shape index (κ3) is 3.82. The average Bonchev–Trinajstić information content (AvgIpc) is 2.46. The molecule has 0 aliphatic carbocycles. The quantitative estimate of drug-likeness (QED) is 0.878. The van der Waals surface area contributed by atoms with Crippen LogP contribution < -0.4 is 10.6 Å². The molecule has 0 heterocycles. The molecule has 0 aliphatic rings. The van der Waals surface area contributed by atoms with Gasteiger partial charge in [0, 0.05) is 19.3 Å². The number of benzene rings is 2. The summed E-state index contributed by atoms with van der Waals surface area (Å²) in [5.41, 5.74) is 2.67. The number of nitrogens with one attached hydrogen (secondary N) is 2. The first-order valence-corrected chi connectivity index (χ1v) is 6.46. The van der Waals surface area contributed by atoms with Crippen molar-refractivity contribution in [3.63, 3.8) is 0 Å². The minimum Gasteiger partial charge on any atom is -0.381 e. The van der Waals surface area contributed by atoms with Gasteiger partial charge in [-0.25, -0.2) is 4.39 Å². The zero-order valence-electron chi connectivity index (χ0n) is 11.3. The highest BCUT2D eigenvalue weighted by molar-refractivity contribution is 5.80. The zero-order valence-corrected chi connectivity index (χ0v) is 11.3. The molecule has 0 radical (unpaired) electrons. The Bertz CT molecular complexity index is 599. The molecule has 0 saturated carbocycles. The van der Waals surface area contributed by atoms with Gasteiger partial charge in [0.1, 0.15) is 5.82 Å². The fourth-order valence-electron chi connectivity index (χ4n) is 1.95. The lowest BCUT2D eigenvalue weighted by Gasteiger charge is -2.11. The Morgan fingerprint density at radius 2 is 1.95 bits per heavy atom. The van der Waals surface area contributed by atoms with Crippen LogP contribution in [0.25, 0.3) is 0 Å². The standard InChI is InChI=1S/C16H17FN2O/c1-18-16(20)10-13-6-2-3-8-15(13)19-11-12-5-4-7-14(17)9-12/h2-9,19H,10-11H2,1H3,(H,18,20). The minimum absolute atomic E-state index is 0.0370. The Labute approximate surface area is 117 Å². The van der Waals surface area contributed by atoms with E-state index in [0.717, 1.165) is 16.8 Å². The van der Waals surface area contributed by atoms with Gasteiger partial charge >= 0.3 is 0 Å². The fourth-order valence-corrected chi connectivity index (χ4v) is 1.95. The Balaban J connectivity index is 2.07. The summed E-state index contributed by atoms with van der Waals surface area (Å²) in [5.74, 6) is -0.284. The van der Waals surface area contributed by atoms with Crippen molar-refractivity contribution < 1.29 is 9.18 Å². The van der Waals surface area contributed by atoms with Gasteiger partial charge in [0.15, 0.2) is 0 Å². The van der Waals surface area contributed by atoms with Gasteiger partial charge in [-0.05, 0) is 29.3 Å². The van der Waals surface area contributed by atoms with Crippen LogP contribution in [0.4, 0.5) is 10.1 Å². The van der Waals surface area contributed by atoms with E-state index in [2.05, 4.69) is 10.6 Å². The SMILES string of the molecule is CNC(=O)Cc1ccccc1NCc1cccc(F)c1. The smallest absolute Gasteiger partial charge is 0.224 e. The molecule has 0 aromatic heterocycles. The number of para-hydroxylation sites is 1. The van der Waals surface area contributed by atoms with Crippen molar-refractivity contribution in [2.24, 2.45) is 0 Å². The van der Waals surface area contributed by atoms with E-state index in [4.69, 9.17) is 0 Å². The third-order valence-electron chi connectivity index (χ3n) is 3.02. The number of rotatable bonds is 5. The van der Waals surface area contributed by atoms with Crippen LogP contribution in [0.5, 0.6) is 0 Å². The number of anilines is 1. The van der Waals surface area contributed by atoms with Gasteiger partial charge < -0.3 is 10.6 Å². The number of carbonyl (C=O) groups is 1. The van der Waals surface area contributed by atoms with Crippen molar-refractivity contribution in [2.45, 2.75) is 13.0 Å². The molecule has 3 nitrogen and oxygen atoms in total. The second-order valence-electron chi connectivity index (χ2n) is 4.49. The Hall–Kier alpha value is -2.36. The molecule has 2 aromatic carbocycles. The first-order chi connectivity index (χ1) is 9.69. The molecular formula is C16H17FN2O. The summed E-state index contributed by atoms with van der Waals surface area (Å²) in [6.07, 6.45) is 0.322. The van der Waals surface area contributed by atoms with Gasteiger partial charge in [0.2, 0.25) is 5.91 Å². The molecule has 0 saturated heterocycles. The van der Waals surface area contributed by atoms with Crippen molar-refractivity contribution in [1.82, 2.24) is 5.32 Å². The third-order valence-corrected chi connectivity index (χ3v) is 3.02. The van der Waals surface area contributed by atoms with E-state index in [0.29, 0.717) is 13.0 Å².